The average molecular weight is 375 g/mol. The third-order valence-electron chi connectivity index (χ3n) is 5.81. The Labute approximate surface area is 165 Å². The summed E-state index contributed by atoms with van der Waals surface area (Å²) < 4.78 is 5.79. The zero-order valence-corrected chi connectivity index (χ0v) is 17.4. The zero-order valence-electron chi connectivity index (χ0n) is 17.4. The van der Waals surface area contributed by atoms with Crippen molar-refractivity contribution in [3.05, 3.63) is 23.8 Å². The smallest absolute Gasteiger partial charge is 0.227 e. The van der Waals surface area contributed by atoms with Crippen molar-refractivity contribution in [3.63, 3.8) is 0 Å². The summed E-state index contributed by atoms with van der Waals surface area (Å²) in [4.78, 5) is 12.8. The number of nitrogens with two attached hydrogens (primary N) is 1. The quantitative estimate of drug-likeness (QED) is 0.584. The lowest BCUT2D eigenvalue weighted by atomic mass is 9.79. The molecule has 1 aromatic rings. The Morgan fingerprint density at radius 1 is 1.22 bits per heavy atom. The standard InChI is InChI=1S/C23H38N2O2/c1-4-7-8-17-9-12-19(13-10-17)23(26)25-21-14-11-18(15-20(24)5-2)16-22(21)27-6-3/h11,14,16-17,19-20H,4-10,12-13,15,24H2,1-3H3,(H,25,26). The zero-order chi connectivity index (χ0) is 19.6. The molecule has 27 heavy (non-hydrogen) atoms. The number of rotatable bonds is 10. The van der Waals surface area contributed by atoms with E-state index in [0.29, 0.717) is 6.61 Å². The van der Waals surface area contributed by atoms with Crippen molar-refractivity contribution in [2.24, 2.45) is 17.6 Å². The molecule has 0 heterocycles. The summed E-state index contributed by atoms with van der Waals surface area (Å²) >= 11 is 0. The topological polar surface area (TPSA) is 64.4 Å². The van der Waals surface area contributed by atoms with Crippen molar-refractivity contribution in [3.8, 4) is 5.75 Å². The summed E-state index contributed by atoms with van der Waals surface area (Å²) in [5, 5.41) is 3.12. The molecule has 1 atom stereocenters. The van der Waals surface area contributed by atoms with E-state index in [1.54, 1.807) is 0 Å². The van der Waals surface area contributed by atoms with E-state index in [4.69, 9.17) is 10.5 Å². The Morgan fingerprint density at radius 3 is 2.59 bits per heavy atom. The van der Waals surface area contributed by atoms with E-state index < -0.39 is 0 Å². The Balaban J connectivity index is 1.96. The normalized spacial score (nSPS) is 20.9. The van der Waals surface area contributed by atoms with Gasteiger partial charge in [-0.1, -0.05) is 39.2 Å². The minimum Gasteiger partial charge on any atom is -0.492 e. The molecule has 0 spiro atoms. The number of amides is 1. The predicted molar refractivity (Wildman–Crippen MR) is 113 cm³/mol. The molecule has 1 unspecified atom stereocenters. The molecular weight excluding hydrogens is 336 g/mol. The first-order chi connectivity index (χ1) is 13.1. The lowest BCUT2D eigenvalue weighted by Crippen LogP contribution is -2.27. The fourth-order valence-electron chi connectivity index (χ4n) is 3.96. The van der Waals surface area contributed by atoms with Gasteiger partial charge in [0.15, 0.2) is 0 Å². The van der Waals surface area contributed by atoms with Crippen LogP contribution in [0.3, 0.4) is 0 Å². The molecule has 0 bridgehead atoms. The Kier molecular flexibility index (Phi) is 9.12. The van der Waals surface area contributed by atoms with Crippen molar-refractivity contribution < 1.29 is 9.53 Å². The maximum absolute atomic E-state index is 12.8. The molecule has 1 amide bonds. The van der Waals surface area contributed by atoms with Gasteiger partial charge in [0.25, 0.3) is 0 Å². The Bertz CT molecular complexity index is 580. The van der Waals surface area contributed by atoms with Gasteiger partial charge in [0.2, 0.25) is 5.91 Å². The molecule has 1 aliphatic rings. The summed E-state index contributed by atoms with van der Waals surface area (Å²) in [6.45, 7) is 6.89. The van der Waals surface area contributed by atoms with E-state index in [9.17, 15) is 4.79 Å². The van der Waals surface area contributed by atoms with E-state index >= 15 is 0 Å². The number of nitrogens with one attached hydrogen (secondary N) is 1. The van der Waals surface area contributed by atoms with Crippen LogP contribution >= 0.6 is 0 Å². The monoisotopic (exact) mass is 374 g/mol. The van der Waals surface area contributed by atoms with Gasteiger partial charge in [0.1, 0.15) is 5.75 Å². The van der Waals surface area contributed by atoms with Gasteiger partial charge in [-0.25, -0.2) is 0 Å². The first kappa shape index (κ1) is 21.7. The number of anilines is 1. The predicted octanol–water partition coefficient (Wildman–Crippen LogP) is 5.30. The number of benzene rings is 1. The molecule has 0 aliphatic heterocycles. The molecule has 3 N–H and O–H groups in total. The van der Waals surface area contributed by atoms with Crippen molar-refractivity contribution in [2.45, 2.75) is 84.6 Å². The van der Waals surface area contributed by atoms with Gasteiger partial charge in [-0.15, -0.1) is 0 Å². The first-order valence-corrected chi connectivity index (χ1v) is 10.9. The van der Waals surface area contributed by atoms with Crippen molar-refractivity contribution in [2.75, 3.05) is 11.9 Å². The number of carbonyl (C=O) groups excluding carboxylic acids is 1. The van der Waals surface area contributed by atoms with E-state index in [-0.39, 0.29) is 17.9 Å². The Hall–Kier alpha value is -1.55. The van der Waals surface area contributed by atoms with Gasteiger partial charge in [-0.05, 0) is 69.1 Å². The van der Waals surface area contributed by atoms with Crippen molar-refractivity contribution in [1.29, 1.82) is 0 Å². The van der Waals surface area contributed by atoms with E-state index in [0.717, 1.165) is 48.6 Å². The molecule has 0 saturated heterocycles. The van der Waals surface area contributed by atoms with Crippen LogP contribution in [0.4, 0.5) is 5.69 Å². The third kappa shape index (κ3) is 6.84. The summed E-state index contributed by atoms with van der Waals surface area (Å²) in [6, 6.07) is 6.20. The molecule has 2 rings (SSSR count). The van der Waals surface area contributed by atoms with Crippen molar-refractivity contribution >= 4 is 11.6 Å². The molecule has 0 radical (unpaired) electrons. The van der Waals surface area contributed by atoms with Gasteiger partial charge in [-0.2, -0.15) is 0 Å². The minimum atomic E-state index is 0.130. The third-order valence-corrected chi connectivity index (χ3v) is 5.81. The molecule has 1 aromatic carbocycles. The van der Waals surface area contributed by atoms with Crippen LogP contribution in [-0.4, -0.2) is 18.6 Å². The molecule has 4 heteroatoms. The van der Waals surface area contributed by atoms with Gasteiger partial charge >= 0.3 is 0 Å². The van der Waals surface area contributed by atoms with Crippen LogP contribution in [0.5, 0.6) is 5.75 Å². The molecule has 4 nitrogen and oxygen atoms in total. The highest BCUT2D eigenvalue weighted by molar-refractivity contribution is 5.94. The highest BCUT2D eigenvalue weighted by Crippen LogP contribution is 2.34. The second kappa shape index (κ2) is 11.3. The second-order valence-electron chi connectivity index (χ2n) is 7.99. The molecule has 1 aliphatic carbocycles. The van der Waals surface area contributed by atoms with Gasteiger partial charge in [0.05, 0.1) is 12.3 Å². The van der Waals surface area contributed by atoms with E-state index in [2.05, 4.69) is 25.2 Å². The molecule has 0 aromatic heterocycles. The minimum absolute atomic E-state index is 0.130. The summed E-state index contributed by atoms with van der Waals surface area (Å²) in [6.07, 6.45) is 10.1. The number of hydrogen-bond donors (Lipinski definition) is 2. The average Bonchev–Trinajstić information content (AvgIpc) is 2.68. The van der Waals surface area contributed by atoms with Crippen LogP contribution in [-0.2, 0) is 11.2 Å². The van der Waals surface area contributed by atoms with E-state index in [1.165, 1.54) is 32.1 Å². The molecule has 152 valence electrons. The van der Waals surface area contributed by atoms with Crippen LogP contribution in [0.1, 0.15) is 77.7 Å². The fourth-order valence-corrected chi connectivity index (χ4v) is 3.96. The molecule has 1 fully saturated rings. The SMILES string of the molecule is CCCCC1CCC(C(=O)Nc2ccc(CC(N)CC)cc2OCC)CC1. The largest absolute Gasteiger partial charge is 0.492 e. The summed E-state index contributed by atoms with van der Waals surface area (Å²) in [5.41, 5.74) is 8.01. The van der Waals surface area contributed by atoms with Crippen molar-refractivity contribution in [1.82, 2.24) is 0 Å². The van der Waals surface area contributed by atoms with Gasteiger partial charge in [-0.3, -0.25) is 4.79 Å². The summed E-state index contributed by atoms with van der Waals surface area (Å²) in [5.74, 6) is 1.84. The maximum Gasteiger partial charge on any atom is 0.227 e. The number of hydrogen-bond acceptors (Lipinski definition) is 3. The van der Waals surface area contributed by atoms with Gasteiger partial charge < -0.3 is 15.8 Å². The van der Waals surface area contributed by atoms with Gasteiger partial charge in [0, 0.05) is 12.0 Å². The highest BCUT2D eigenvalue weighted by atomic mass is 16.5. The number of ether oxygens (including phenoxy) is 1. The Morgan fingerprint density at radius 2 is 1.96 bits per heavy atom. The van der Waals surface area contributed by atoms with Crippen LogP contribution in [0, 0.1) is 11.8 Å². The van der Waals surface area contributed by atoms with Crippen LogP contribution in [0.25, 0.3) is 0 Å². The highest BCUT2D eigenvalue weighted by Gasteiger charge is 2.26. The van der Waals surface area contributed by atoms with E-state index in [1.807, 2.05) is 19.1 Å². The number of unbranched alkanes of at least 4 members (excludes halogenated alkanes) is 1. The number of carbonyl (C=O) groups is 1. The van der Waals surface area contributed by atoms with Crippen LogP contribution < -0.4 is 15.8 Å². The second-order valence-corrected chi connectivity index (χ2v) is 7.99. The molecule has 1 saturated carbocycles. The first-order valence-electron chi connectivity index (χ1n) is 10.9. The lowest BCUT2D eigenvalue weighted by Gasteiger charge is -2.28. The van der Waals surface area contributed by atoms with Crippen LogP contribution in [0.2, 0.25) is 0 Å². The maximum atomic E-state index is 12.8. The molecular formula is C23H38N2O2. The summed E-state index contributed by atoms with van der Waals surface area (Å²) in [7, 11) is 0. The fraction of sp³-hybridized carbons (Fsp3) is 0.696. The van der Waals surface area contributed by atoms with Crippen LogP contribution in [0.15, 0.2) is 18.2 Å². The lowest BCUT2D eigenvalue weighted by molar-refractivity contribution is -0.121.